The van der Waals surface area contributed by atoms with E-state index in [1.54, 1.807) is 6.92 Å². The van der Waals surface area contributed by atoms with Crippen LogP contribution >= 0.6 is 0 Å². The molecular formula is C18H27F2N. The topological polar surface area (TPSA) is 12.0 Å². The molecule has 0 amide bonds. The Kier molecular flexibility index (Phi) is 6.16. The molecule has 3 heteroatoms. The van der Waals surface area contributed by atoms with Crippen LogP contribution in [0.1, 0.15) is 69.0 Å². The molecule has 1 fully saturated rings. The molecule has 118 valence electrons. The van der Waals surface area contributed by atoms with Crippen LogP contribution in [0.4, 0.5) is 8.78 Å². The van der Waals surface area contributed by atoms with E-state index in [1.165, 1.54) is 44.2 Å². The maximum atomic E-state index is 14.3. The van der Waals surface area contributed by atoms with Crippen LogP contribution < -0.4 is 5.32 Å². The fraction of sp³-hybridized carbons (Fsp3) is 0.667. The molecule has 0 aromatic heterocycles. The van der Waals surface area contributed by atoms with Crippen LogP contribution in [-0.2, 0) is 0 Å². The van der Waals surface area contributed by atoms with Crippen molar-refractivity contribution in [2.75, 3.05) is 6.54 Å². The highest BCUT2D eigenvalue weighted by Gasteiger charge is 2.22. The first-order valence-corrected chi connectivity index (χ1v) is 8.31. The largest absolute Gasteiger partial charge is 0.310 e. The van der Waals surface area contributed by atoms with Crippen LogP contribution in [0.2, 0.25) is 0 Å². The zero-order chi connectivity index (χ0) is 15.2. The second-order valence-corrected chi connectivity index (χ2v) is 6.28. The van der Waals surface area contributed by atoms with Crippen LogP contribution in [0.25, 0.3) is 0 Å². The monoisotopic (exact) mass is 295 g/mol. The first kappa shape index (κ1) is 16.4. The van der Waals surface area contributed by atoms with Gasteiger partial charge < -0.3 is 5.32 Å². The molecule has 1 aromatic carbocycles. The molecule has 0 radical (unpaired) electrons. The maximum absolute atomic E-state index is 14.3. The summed E-state index contributed by atoms with van der Waals surface area (Å²) in [6, 6.07) is 2.69. The molecule has 21 heavy (non-hydrogen) atoms. The highest BCUT2D eigenvalue weighted by molar-refractivity contribution is 5.29. The minimum atomic E-state index is -0.423. The molecule has 1 atom stereocenters. The minimum Gasteiger partial charge on any atom is -0.310 e. The van der Waals surface area contributed by atoms with Crippen molar-refractivity contribution in [3.8, 4) is 0 Å². The summed E-state index contributed by atoms with van der Waals surface area (Å²) in [5.74, 6) is -0.0758. The summed E-state index contributed by atoms with van der Waals surface area (Å²) in [7, 11) is 0. The lowest BCUT2D eigenvalue weighted by Crippen LogP contribution is -2.24. The number of hydrogen-bond acceptors (Lipinski definition) is 1. The Balaban J connectivity index is 2.09. The number of nitrogens with one attached hydrogen (secondary N) is 1. The average molecular weight is 295 g/mol. The van der Waals surface area contributed by atoms with E-state index in [4.69, 9.17) is 0 Å². The number of rotatable bonds is 6. The van der Waals surface area contributed by atoms with Gasteiger partial charge in [0.15, 0.2) is 0 Å². The fourth-order valence-corrected chi connectivity index (χ4v) is 3.47. The number of benzene rings is 1. The van der Waals surface area contributed by atoms with E-state index in [-0.39, 0.29) is 17.4 Å². The van der Waals surface area contributed by atoms with Crippen molar-refractivity contribution in [2.45, 2.75) is 64.8 Å². The summed E-state index contributed by atoms with van der Waals surface area (Å²) in [5, 5.41) is 3.27. The van der Waals surface area contributed by atoms with Gasteiger partial charge in [-0.15, -0.1) is 0 Å². The summed E-state index contributed by atoms with van der Waals surface area (Å²) < 4.78 is 28.4. The second-order valence-electron chi connectivity index (χ2n) is 6.28. The smallest absolute Gasteiger partial charge is 0.133 e. The zero-order valence-corrected chi connectivity index (χ0v) is 13.2. The standard InChI is InChI=1S/C18H27F2N/c1-3-21-16(12-10-14-7-5-4-6-8-14)17-15(19)11-9-13(2)18(17)20/h9,11,14,16,21H,3-8,10,12H2,1-2H3. The van der Waals surface area contributed by atoms with Crippen molar-refractivity contribution in [3.63, 3.8) is 0 Å². The Morgan fingerprint density at radius 2 is 1.90 bits per heavy atom. The summed E-state index contributed by atoms with van der Waals surface area (Å²) >= 11 is 0. The van der Waals surface area contributed by atoms with Crippen molar-refractivity contribution in [1.29, 1.82) is 0 Å². The van der Waals surface area contributed by atoms with Crippen LogP contribution in [0.5, 0.6) is 0 Å². The molecule has 0 saturated heterocycles. The number of halogens is 2. The first-order valence-electron chi connectivity index (χ1n) is 8.31. The molecule has 1 N–H and O–H groups in total. The van der Waals surface area contributed by atoms with E-state index in [0.29, 0.717) is 5.56 Å². The van der Waals surface area contributed by atoms with Gasteiger partial charge in [0.1, 0.15) is 11.6 Å². The third-order valence-corrected chi connectivity index (χ3v) is 4.71. The Morgan fingerprint density at radius 1 is 1.19 bits per heavy atom. The van der Waals surface area contributed by atoms with Gasteiger partial charge in [-0.3, -0.25) is 0 Å². The van der Waals surface area contributed by atoms with Crippen molar-refractivity contribution in [3.05, 3.63) is 34.9 Å². The van der Waals surface area contributed by atoms with Gasteiger partial charge in [0.05, 0.1) is 0 Å². The molecule has 1 aliphatic carbocycles. The van der Waals surface area contributed by atoms with E-state index in [9.17, 15) is 8.78 Å². The van der Waals surface area contributed by atoms with Crippen molar-refractivity contribution in [1.82, 2.24) is 5.32 Å². The lowest BCUT2D eigenvalue weighted by atomic mass is 9.84. The molecule has 1 saturated carbocycles. The van der Waals surface area contributed by atoms with Gasteiger partial charge in [-0.1, -0.05) is 45.1 Å². The molecule has 1 unspecified atom stereocenters. The Morgan fingerprint density at radius 3 is 2.57 bits per heavy atom. The Labute approximate surface area is 127 Å². The second kappa shape index (κ2) is 7.88. The molecule has 1 nitrogen and oxygen atoms in total. The quantitative estimate of drug-likeness (QED) is 0.752. The highest BCUT2D eigenvalue weighted by atomic mass is 19.1. The van der Waals surface area contributed by atoms with Crippen LogP contribution in [0.15, 0.2) is 12.1 Å². The van der Waals surface area contributed by atoms with E-state index in [1.807, 2.05) is 6.92 Å². The third-order valence-electron chi connectivity index (χ3n) is 4.71. The number of hydrogen-bond donors (Lipinski definition) is 1. The number of aryl methyl sites for hydroxylation is 1. The van der Waals surface area contributed by atoms with Gasteiger partial charge in [0.2, 0.25) is 0 Å². The predicted molar refractivity (Wildman–Crippen MR) is 83.3 cm³/mol. The molecule has 2 rings (SSSR count). The summed E-state index contributed by atoms with van der Waals surface area (Å²) in [6.45, 7) is 4.41. The molecule has 0 heterocycles. The van der Waals surface area contributed by atoms with Gasteiger partial charge in [0, 0.05) is 11.6 Å². The zero-order valence-electron chi connectivity index (χ0n) is 13.2. The molecule has 0 spiro atoms. The lowest BCUT2D eigenvalue weighted by Gasteiger charge is -2.25. The third kappa shape index (κ3) is 4.26. The predicted octanol–water partition coefficient (Wildman–Crippen LogP) is 5.28. The van der Waals surface area contributed by atoms with Crippen LogP contribution in [0.3, 0.4) is 0 Å². The van der Waals surface area contributed by atoms with Gasteiger partial charge >= 0.3 is 0 Å². The van der Waals surface area contributed by atoms with Gasteiger partial charge in [-0.25, -0.2) is 8.78 Å². The molecule has 1 aromatic rings. The average Bonchev–Trinajstić information content (AvgIpc) is 2.50. The normalized spacial score (nSPS) is 17.9. The van der Waals surface area contributed by atoms with Crippen molar-refractivity contribution in [2.24, 2.45) is 5.92 Å². The molecule has 0 bridgehead atoms. The van der Waals surface area contributed by atoms with Gasteiger partial charge in [-0.2, -0.15) is 0 Å². The summed E-state index contributed by atoms with van der Waals surface area (Å²) in [6.07, 6.45) is 8.39. The van der Waals surface area contributed by atoms with Gasteiger partial charge in [0.25, 0.3) is 0 Å². The molecular weight excluding hydrogens is 268 g/mol. The minimum absolute atomic E-state index is 0.211. The van der Waals surface area contributed by atoms with Crippen molar-refractivity contribution >= 4 is 0 Å². The summed E-state index contributed by atoms with van der Waals surface area (Å²) in [4.78, 5) is 0. The Bertz CT molecular complexity index is 453. The van der Waals surface area contributed by atoms with Crippen molar-refractivity contribution < 1.29 is 8.78 Å². The fourth-order valence-electron chi connectivity index (χ4n) is 3.47. The van der Waals surface area contributed by atoms with E-state index < -0.39 is 5.82 Å². The van der Waals surface area contributed by atoms with E-state index in [0.717, 1.165) is 25.3 Å². The van der Waals surface area contributed by atoms with Crippen LogP contribution in [-0.4, -0.2) is 6.54 Å². The SMILES string of the molecule is CCNC(CCC1CCCCC1)c1c(F)ccc(C)c1F. The van der Waals surface area contributed by atoms with Gasteiger partial charge in [-0.05, 0) is 43.9 Å². The summed E-state index contributed by atoms with van der Waals surface area (Å²) in [5.41, 5.74) is 0.750. The molecule has 1 aliphatic rings. The first-order chi connectivity index (χ1) is 10.1. The Hall–Kier alpha value is -0.960. The highest BCUT2D eigenvalue weighted by Crippen LogP contribution is 2.32. The van der Waals surface area contributed by atoms with Crippen LogP contribution in [0, 0.1) is 24.5 Å². The van der Waals surface area contributed by atoms with E-state index in [2.05, 4.69) is 5.32 Å². The maximum Gasteiger partial charge on any atom is 0.133 e. The van der Waals surface area contributed by atoms with E-state index >= 15 is 0 Å². The molecule has 0 aliphatic heterocycles. The lowest BCUT2D eigenvalue weighted by molar-refractivity contribution is 0.311.